The Morgan fingerprint density at radius 1 is 1.16 bits per heavy atom. The van der Waals surface area contributed by atoms with Crippen LogP contribution >= 0.6 is 0 Å². The van der Waals surface area contributed by atoms with Crippen LogP contribution in [0.1, 0.15) is 50.7 Å². The standard InChI is InChI=1S/C17H22F3NO3S/c1-3-5-10-21-13-7-6-12-14(24-11-4-2)8-9-15(16(12)13)25(22,23)17(18,19)20/h8-9H,3-7,10-11H2,1-2H3. The Morgan fingerprint density at radius 2 is 1.88 bits per heavy atom. The van der Waals surface area contributed by atoms with Gasteiger partial charge >= 0.3 is 5.51 Å². The van der Waals surface area contributed by atoms with Crippen molar-refractivity contribution in [3.63, 3.8) is 0 Å². The minimum atomic E-state index is -5.44. The van der Waals surface area contributed by atoms with Gasteiger partial charge in [0, 0.05) is 23.4 Å². The highest BCUT2D eigenvalue weighted by molar-refractivity contribution is 7.92. The maximum Gasteiger partial charge on any atom is 0.501 e. The molecule has 0 radical (unpaired) electrons. The third kappa shape index (κ3) is 3.99. The molecule has 1 aromatic carbocycles. The lowest BCUT2D eigenvalue weighted by Crippen LogP contribution is -2.25. The van der Waals surface area contributed by atoms with E-state index in [0.29, 0.717) is 43.0 Å². The second-order valence-corrected chi connectivity index (χ2v) is 7.80. The second kappa shape index (κ2) is 7.76. The van der Waals surface area contributed by atoms with Gasteiger partial charge in [-0.3, -0.25) is 4.99 Å². The number of unbranched alkanes of at least 4 members (excludes halogenated alkanes) is 1. The third-order valence-corrected chi connectivity index (χ3v) is 5.53. The Kier molecular flexibility index (Phi) is 6.13. The monoisotopic (exact) mass is 377 g/mol. The van der Waals surface area contributed by atoms with Gasteiger partial charge in [0.2, 0.25) is 0 Å². The average Bonchev–Trinajstić information content (AvgIpc) is 2.96. The van der Waals surface area contributed by atoms with Crippen LogP contribution in [0.5, 0.6) is 5.75 Å². The number of ether oxygens (including phenoxy) is 1. The average molecular weight is 377 g/mol. The molecule has 0 atom stereocenters. The smallest absolute Gasteiger partial charge is 0.493 e. The topological polar surface area (TPSA) is 55.7 Å². The molecule has 0 fully saturated rings. The van der Waals surface area contributed by atoms with Crippen LogP contribution in [0.4, 0.5) is 13.2 Å². The highest BCUT2D eigenvalue weighted by atomic mass is 32.2. The van der Waals surface area contributed by atoms with Crippen LogP contribution in [0.25, 0.3) is 0 Å². The fourth-order valence-corrected chi connectivity index (χ4v) is 3.77. The van der Waals surface area contributed by atoms with E-state index in [-0.39, 0.29) is 5.56 Å². The maximum atomic E-state index is 13.1. The minimum Gasteiger partial charge on any atom is -0.493 e. The zero-order valence-corrected chi connectivity index (χ0v) is 15.1. The van der Waals surface area contributed by atoms with Gasteiger partial charge in [0.15, 0.2) is 0 Å². The van der Waals surface area contributed by atoms with Crippen molar-refractivity contribution in [3.8, 4) is 5.75 Å². The summed E-state index contributed by atoms with van der Waals surface area (Å²) >= 11 is 0. The molecule has 0 unspecified atom stereocenters. The molecule has 0 saturated heterocycles. The molecular formula is C17H22F3NO3S. The van der Waals surface area contributed by atoms with Crippen LogP contribution in [0.2, 0.25) is 0 Å². The number of nitrogens with zero attached hydrogens (tertiary/aromatic N) is 1. The lowest BCUT2D eigenvalue weighted by Gasteiger charge is -2.16. The van der Waals surface area contributed by atoms with Gasteiger partial charge in [0.05, 0.1) is 11.5 Å². The molecule has 0 heterocycles. The fourth-order valence-electron chi connectivity index (χ4n) is 2.77. The minimum absolute atomic E-state index is 0.0852. The summed E-state index contributed by atoms with van der Waals surface area (Å²) in [7, 11) is -5.44. The first-order valence-electron chi connectivity index (χ1n) is 8.37. The molecule has 0 N–H and O–H groups in total. The predicted molar refractivity (Wildman–Crippen MR) is 90.1 cm³/mol. The summed E-state index contributed by atoms with van der Waals surface area (Å²) in [5.41, 5.74) is -4.33. The number of sulfone groups is 1. The molecule has 25 heavy (non-hydrogen) atoms. The van der Waals surface area contributed by atoms with Gasteiger partial charge in [0.1, 0.15) is 5.75 Å². The van der Waals surface area contributed by atoms with E-state index in [9.17, 15) is 21.6 Å². The molecule has 0 spiro atoms. The first kappa shape index (κ1) is 19.8. The second-order valence-electron chi connectivity index (χ2n) is 5.89. The molecule has 2 rings (SSSR count). The molecule has 0 bridgehead atoms. The van der Waals surface area contributed by atoms with E-state index in [4.69, 9.17) is 4.74 Å². The van der Waals surface area contributed by atoms with E-state index >= 15 is 0 Å². The normalized spacial score (nSPS) is 16.3. The van der Waals surface area contributed by atoms with Crippen LogP contribution in [-0.2, 0) is 16.3 Å². The molecule has 8 heteroatoms. The molecule has 0 amide bonds. The van der Waals surface area contributed by atoms with Crippen molar-refractivity contribution in [2.45, 2.75) is 56.4 Å². The first-order chi connectivity index (χ1) is 11.7. The van der Waals surface area contributed by atoms with Crippen molar-refractivity contribution in [1.29, 1.82) is 0 Å². The van der Waals surface area contributed by atoms with E-state index in [2.05, 4.69) is 4.99 Å². The highest BCUT2D eigenvalue weighted by Gasteiger charge is 2.49. The summed E-state index contributed by atoms with van der Waals surface area (Å²) in [6.45, 7) is 4.79. The summed E-state index contributed by atoms with van der Waals surface area (Å²) in [6.07, 6.45) is 3.30. The Bertz CT molecular complexity index is 755. The van der Waals surface area contributed by atoms with Crippen LogP contribution in [0.15, 0.2) is 22.0 Å². The Labute approximate surface area is 146 Å². The van der Waals surface area contributed by atoms with Crippen LogP contribution in [0.3, 0.4) is 0 Å². The van der Waals surface area contributed by atoms with Crippen molar-refractivity contribution < 1.29 is 26.3 Å². The lowest BCUT2D eigenvalue weighted by atomic mass is 10.1. The van der Waals surface area contributed by atoms with E-state index in [1.54, 1.807) is 0 Å². The molecule has 140 valence electrons. The SMILES string of the molecule is CCCCN=C1CCc2c(OCCC)ccc(S(=O)(=O)C(F)(F)F)c21. The Hall–Kier alpha value is -1.57. The van der Waals surface area contributed by atoms with Crippen molar-refractivity contribution >= 4 is 15.5 Å². The maximum absolute atomic E-state index is 13.1. The number of halogens is 3. The molecule has 4 nitrogen and oxygen atoms in total. The zero-order valence-electron chi connectivity index (χ0n) is 14.3. The number of rotatable bonds is 7. The van der Waals surface area contributed by atoms with Gasteiger partial charge in [-0.15, -0.1) is 0 Å². The van der Waals surface area contributed by atoms with Crippen molar-refractivity contribution in [3.05, 3.63) is 23.3 Å². The Morgan fingerprint density at radius 3 is 2.48 bits per heavy atom. The summed E-state index contributed by atoms with van der Waals surface area (Å²) in [4.78, 5) is 3.65. The molecule has 1 aliphatic rings. The molecule has 0 saturated carbocycles. The van der Waals surface area contributed by atoms with E-state index in [1.165, 1.54) is 6.07 Å². The van der Waals surface area contributed by atoms with Crippen LogP contribution in [-0.4, -0.2) is 32.8 Å². The predicted octanol–water partition coefficient (Wildman–Crippen LogP) is 4.30. The summed E-state index contributed by atoms with van der Waals surface area (Å²) in [6, 6.07) is 2.31. The summed E-state index contributed by atoms with van der Waals surface area (Å²) in [5.74, 6) is 0.443. The van der Waals surface area contributed by atoms with Gasteiger partial charge < -0.3 is 4.74 Å². The molecule has 1 aliphatic carbocycles. The quantitative estimate of drug-likeness (QED) is 0.666. The molecular weight excluding hydrogens is 355 g/mol. The fraction of sp³-hybridized carbons (Fsp3) is 0.588. The van der Waals surface area contributed by atoms with Gasteiger partial charge in [-0.05, 0) is 37.8 Å². The van der Waals surface area contributed by atoms with Crippen LogP contribution in [0, 0.1) is 0 Å². The van der Waals surface area contributed by atoms with Crippen molar-refractivity contribution in [1.82, 2.24) is 0 Å². The van der Waals surface area contributed by atoms with Crippen LogP contribution < -0.4 is 4.74 Å². The number of alkyl halides is 3. The number of hydrogen-bond donors (Lipinski definition) is 0. The van der Waals surface area contributed by atoms with E-state index < -0.39 is 20.2 Å². The third-order valence-electron chi connectivity index (χ3n) is 4.00. The van der Waals surface area contributed by atoms with Crippen molar-refractivity contribution in [2.24, 2.45) is 4.99 Å². The van der Waals surface area contributed by atoms with Gasteiger partial charge in [-0.1, -0.05) is 20.3 Å². The van der Waals surface area contributed by atoms with E-state index in [1.807, 2.05) is 13.8 Å². The number of benzene rings is 1. The summed E-state index contributed by atoms with van der Waals surface area (Å²) < 4.78 is 68.8. The zero-order chi connectivity index (χ0) is 18.7. The van der Waals surface area contributed by atoms with Gasteiger partial charge in [0.25, 0.3) is 9.84 Å². The van der Waals surface area contributed by atoms with Gasteiger partial charge in [-0.25, -0.2) is 8.42 Å². The molecule has 0 aromatic heterocycles. The Balaban J connectivity index is 2.59. The summed E-state index contributed by atoms with van der Waals surface area (Å²) in [5, 5.41) is 0. The molecule has 0 aliphatic heterocycles. The van der Waals surface area contributed by atoms with Gasteiger partial charge in [-0.2, -0.15) is 13.2 Å². The number of hydrogen-bond acceptors (Lipinski definition) is 4. The number of fused-ring (bicyclic) bond motifs is 1. The largest absolute Gasteiger partial charge is 0.501 e. The molecule has 1 aromatic rings. The first-order valence-corrected chi connectivity index (χ1v) is 9.86. The highest BCUT2D eigenvalue weighted by Crippen LogP contribution is 2.40. The lowest BCUT2D eigenvalue weighted by molar-refractivity contribution is -0.0436. The number of aliphatic imine (C=N–C) groups is 1. The van der Waals surface area contributed by atoms with Crippen molar-refractivity contribution in [2.75, 3.05) is 13.2 Å². The van der Waals surface area contributed by atoms with E-state index in [0.717, 1.165) is 25.3 Å².